The van der Waals surface area contributed by atoms with Crippen molar-refractivity contribution in [3.05, 3.63) is 90.6 Å². The molecule has 0 radical (unpaired) electrons. The molecule has 2 aromatic carbocycles. The van der Waals surface area contributed by atoms with Crippen LogP contribution in [0, 0.1) is 5.92 Å². The highest BCUT2D eigenvalue weighted by atomic mass is 16.2. The number of pyridine rings is 1. The molecule has 1 aliphatic heterocycles. The van der Waals surface area contributed by atoms with E-state index >= 15 is 0 Å². The lowest BCUT2D eigenvalue weighted by molar-refractivity contribution is -0.124. The van der Waals surface area contributed by atoms with Crippen LogP contribution in [0.3, 0.4) is 0 Å². The molecule has 5 heteroatoms. The molecule has 0 aliphatic carbocycles. The zero-order chi connectivity index (χ0) is 19.3. The summed E-state index contributed by atoms with van der Waals surface area (Å²) in [6.45, 7) is 0.812. The predicted octanol–water partition coefficient (Wildman–Crippen LogP) is 3.67. The third-order valence-corrected chi connectivity index (χ3v) is 4.92. The van der Waals surface area contributed by atoms with Gasteiger partial charge in [-0.3, -0.25) is 14.5 Å². The Balaban J connectivity index is 1.58. The zero-order valence-corrected chi connectivity index (χ0v) is 15.4. The van der Waals surface area contributed by atoms with Crippen molar-refractivity contribution in [3.63, 3.8) is 0 Å². The Morgan fingerprint density at radius 2 is 1.64 bits per heavy atom. The summed E-state index contributed by atoms with van der Waals surface area (Å²) >= 11 is 0. The maximum atomic E-state index is 13.4. The summed E-state index contributed by atoms with van der Waals surface area (Å²) in [4.78, 5) is 33.7. The summed E-state index contributed by atoms with van der Waals surface area (Å²) in [5.74, 6) is 0.111. The number of hydrogen-bond donors (Lipinski definition) is 0. The Bertz CT molecular complexity index is 945. The van der Waals surface area contributed by atoms with Gasteiger partial charge in [-0.25, -0.2) is 4.98 Å². The van der Waals surface area contributed by atoms with Crippen LogP contribution in [0.4, 0.5) is 11.5 Å². The zero-order valence-electron chi connectivity index (χ0n) is 15.4. The molecule has 0 saturated carbocycles. The van der Waals surface area contributed by atoms with Crippen LogP contribution >= 0.6 is 0 Å². The fourth-order valence-electron chi connectivity index (χ4n) is 3.50. The molecule has 0 unspecified atom stereocenters. The number of rotatable bonds is 5. The molecule has 28 heavy (non-hydrogen) atoms. The maximum Gasteiger partial charge on any atom is 0.233 e. The van der Waals surface area contributed by atoms with Crippen LogP contribution in [0.5, 0.6) is 0 Å². The minimum atomic E-state index is -0.390. The first kappa shape index (κ1) is 17.9. The third kappa shape index (κ3) is 3.78. The highest BCUT2D eigenvalue weighted by Crippen LogP contribution is 2.28. The van der Waals surface area contributed by atoms with E-state index in [1.165, 1.54) is 0 Å². The first-order valence-electron chi connectivity index (χ1n) is 9.34. The summed E-state index contributed by atoms with van der Waals surface area (Å²) in [5.41, 5.74) is 1.85. The molecular formula is C23H21N3O2. The van der Waals surface area contributed by atoms with Gasteiger partial charge in [-0.15, -0.1) is 0 Å². The second kappa shape index (κ2) is 8.05. The van der Waals surface area contributed by atoms with Crippen LogP contribution in [0.2, 0.25) is 0 Å². The van der Waals surface area contributed by atoms with Crippen molar-refractivity contribution in [1.82, 2.24) is 4.98 Å². The summed E-state index contributed by atoms with van der Waals surface area (Å²) in [6, 6.07) is 24.8. The van der Waals surface area contributed by atoms with Crippen LogP contribution in [0.25, 0.3) is 0 Å². The normalized spacial score (nSPS) is 16.2. The highest BCUT2D eigenvalue weighted by Gasteiger charge is 2.37. The van der Waals surface area contributed by atoms with Gasteiger partial charge in [0.15, 0.2) is 0 Å². The van der Waals surface area contributed by atoms with E-state index in [1.54, 1.807) is 16.0 Å². The molecule has 1 aliphatic rings. The Hall–Kier alpha value is -3.47. The number of benzene rings is 2. The van der Waals surface area contributed by atoms with E-state index in [-0.39, 0.29) is 18.2 Å². The van der Waals surface area contributed by atoms with Crippen LogP contribution < -0.4 is 9.80 Å². The van der Waals surface area contributed by atoms with Crippen LogP contribution in [-0.4, -0.2) is 23.3 Å². The number of hydrogen-bond acceptors (Lipinski definition) is 3. The molecule has 3 aromatic rings. The quantitative estimate of drug-likeness (QED) is 0.688. The van der Waals surface area contributed by atoms with Crippen molar-refractivity contribution in [2.45, 2.75) is 13.0 Å². The molecule has 0 N–H and O–H groups in total. The Labute approximate surface area is 164 Å². The second-order valence-electron chi connectivity index (χ2n) is 6.84. The minimum absolute atomic E-state index is 0.0229. The molecule has 2 amide bonds. The van der Waals surface area contributed by atoms with Gasteiger partial charge in [-0.1, -0.05) is 54.6 Å². The fraction of sp³-hybridized carbons (Fsp3) is 0.174. The number of nitrogens with zero attached hydrogens (tertiary/aromatic N) is 3. The van der Waals surface area contributed by atoms with Crippen LogP contribution in [-0.2, 0) is 16.1 Å². The number of para-hydroxylation sites is 1. The maximum absolute atomic E-state index is 13.4. The van der Waals surface area contributed by atoms with E-state index in [0.717, 1.165) is 11.3 Å². The molecule has 5 nitrogen and oxygen atoms in total. The van der Waals surface area contributed by atoms with E-state index in [1.807, 2.05) is 78.9 Å². The highest BCUT2D eigenvalue weighted by molar-refractivity contribution is 6.04. The minimum Gasteiger partial charge on any atom is -0.312 e. The smallest absolute Gasteiger partial charge is 0.233 e. The molecule has 0 bridgehead atoms. The standard InChI is InChI=1S/C23H21N3O2/c27-22-15-19(17-25(22)20-11-5-2-6-12-20)23(28)26(21-13-7-8-14-24-21)16-18-9-3-1-4-10-18/h1-14,19H,15-17H2/t19-/m0/s1. The molecule has 4 rings (SSSR count). The third-order valence-electron chi connectivity index (χ3n) is 4.92. The second-order valence-corrected chi connectivity index (χ2v) is 6.84. The number of anilines is 2. The molecule has 1 atom stereocenters. The lowest BCUT2D eigenvalue weighted by Crippen LogP contribution is -2.37. The van der Waals surface area contributed by atoms with Crippen molar-refractivity contribution >= 4 is 23.3 Å². The molecule has 1 aromatic heterocycles. The van der Waals surface area contributed by atoms with E-state index in [0.29, 0.717) is 18.9 Å². The van der Waals surface area contributed by atoms with E-state index in [2.05, 4.69) is 4.98 Å². The number of carbonyl (C=O) groups is 2. The molecule has 1 saturated heterocycles. The largest absolute Gasteiger partial charge is 0.312 e. The molecule has 1 fully saturated rings. The van der Waals surface area contributed by atoms with Crippen molar-refractivity contribution in [2.24, 2.45) is 5.92 Å². The van der Waals surface area contributed by atoms with E-state index in [9.17, 15) is 9.59 Å². The topological polar surface area (TPSA) is 53.5 Å². The van der Waals surface area contributed by atoms with Gasteiger partial charge in [0.2, 0.25) is 11.8 Å². The Morgan fingerprint density at radius 1 is 0.964 bits per heavy atom. The molecular weight excluding hydrogens is 350 g/mol. The number of amides is 2. The lowest BCUT2D eigenvalue weighted by atomic mass is 10.1. The monoisotopic (exact) mass is 371 g/mol. The Kier molecular flexibility index (Phi) is 5.15. The van der Waals surface area contributed by atoms with Gasteiger partial charge in [0.1, 0.15) is 5.82 Å². The van der Waals surface area contributed by atoms with Crippen LogP contribution in [0.15, 0.2) is 85.1 Å². The average Bonchev–Trinajstić information content (AvgIpc) is 3.15. The summed E-state index contributed by atoms with van der Waals surface area (Å²) in [5, 5.41) is 0. The SMILES string of the molecule is O=C1C[C@H](C(=O)N(Cc2ccccc2)c2ccccn2)CN1c1ccccc1. The van der Waals surface area contributed by atoms with Crippen molar-refractivity contribution < 1.29 is 9.59 Å². The number of aromatic nitrogens is 1. The first-order chi connectivity index (χ1) is 13.7. The predicted molar refractivity (Wildman–Crippen MR) is 109 cm³/mol. The first-order valence-corrected chi connectivity index (χ1v) is 9.34. The molecule has 140 valence electrons. The van der Waals surface area contributed by atoms with E-state index in [4.69, 9.17) is 0 Å². The van der Waals surface area contributed by atoms with Gasteiger partial charge < -0.3 is 4.90 Å². The van der Waals surface area contributed by atoms with Gasteiger partial charge in [0.05, 0.1) is 12.5 Å². The van der Waals surface area contributed by atoms with Crippen LogP contribution in [0.1, 0.15) is 12.0 Å². The van der Waals surface area contributed by atoms with Crippen molar-refractivity contribution in [1.29, 1.82) is 0 Å². The van der Waals surface area contributed by atoms with Crippen molar-refractivity contribution in [3.8, 4) is 0 Å². The number of carbonyl (C=O) groups excluding carboxylic acids is 2. The molecule has 2 heterocycles. The average molecular weight is 371 g/mol. The molecule has 0 spiro atoms. The summed E-state index contributed by atoms with van der Waals surface area (Å²) < 4.78 is 0. The van der Waals surface area contributed by atoms with Gasteiger partial charge in [0, 0.05) is 24.8 Å². The van der Waals surface area contributed by atoms with Gasteiger partial charge in [0.25, 0.3) is 0 Å². The van der Waals surface area contributed by atoms with E-state index < -0.39 is 5.92 Å². The summed E-state index contributed by atoms with van der Waals surface area (Å²) in [6.07, 6.45) is 1.89. The summed E-state index contributed by atoms with van der Waals surface area (Å²) in [7, 11) is 0. The fourth-order valence-corrected chi connectivity index (χ4v) is 3.50. The lowest BCUT2D eigenvalue weighted by Gasteiger charge is -2.25. The van der Waals surface area contributed by atoms with Crippen molar-refractivity contribution in [2.75, 3.05) is 16.3 Å². The Morgan fingerprint density at radius 3 is 2.32 bits per heavy atom. The van der Waals surface area contributed by atoms with Gasteiger partial charge in [-0.2, -0.15) is 0 Å². The van der Waals surface area contributed by atoms with Gasteiger partial charge >= 0.3 is 0 Å². The van der Waals surface area contributed by atoms with Gasteiger partial charge in [-0.05, 0) is 29.8 Å².